The largest absolute Gasteiger partial charge is 0.416 e. The number of benzene rings is 1. The first-order valence-electron chi connectivity index (χ1n) is 5.82. The first kappa shape index (κ1) is 18.3. The number of nitrogens with zero attached hydrogens (tertiary/aromatic N) is 2. The van der Waals surface area contributed by atoms with Crippen LogP contribution in [0.3, 0.4) is 0 Å². The lowest BCUT2D eigenvalue weighted by Crippen LogP contribution is -2.30. The molecule has 0 fully saturated rings. The smallest absolute Gasteiger partial charge is 0.383 e. The van der Waals surface area contributed by atoms with E-state index in [9.17, 15) is 31.7 Å². The molecule has 0 radical (unpaired) electrons. The van der Waals surface area contributed by atoms with Crippen molar-refractivity contribution in [3.05, 3.63) is 33.9 Å². The summed E-state index contributed by atoms with van der Waals surface area (Å²) in [6, 6.07) is 1.28. The van der Waals surface area contributed by atoms with Gasteiger partial charge in [-0.2, -0.15) is 17.5 Å². The summed E-state index contributed by atoms with van der Waals surface area (Å²) in [5.41, 5.74) is -2.42. The van der Waals surface area contributed by atoms with Crippen LogP contribution in [0.4, 0.5) is 18.9 Å². The van der Waals surface area contributed by atoms with Crippen LogP contribution >= 0.6 is 0 Å². The summed E-state index contributed by atoms with van der Waals surface area (Å²) in [5, 5.41) is 10.9. The molecule has 7 nitrogen and oxygen atoms in total. The standard InChI is InChI=1S/C11H13F3N2O5S/c1-15(5-6-21-2)22(19,20)10-4-3-8(11(12,13)14)7-9(10)16(17)18/h3-4,7H,5-6H2,1-2H3. The molecule has 0 aromatic heterocycles. The summed E-state index contributed by atoms with van der Waals surface area (Å²) in [4.78, 5) is 8.95. The van der Waals surface area contributed by atoms with Gasteiger partial charge in [-0.3, -0.25) is 10.1 Å². The molecule has 1 aromatic rings. The Balaban J connectivity index is 3.38. The van der Waals surface area contributed by atoms with Gasteiger partial charge in [0.15, 0.2) is 4.90 Å². The zero-order chi connectivity index (χ0) is 17.1. The van der Waals surface area contributed by atoms with Crippen molar-refractivity contribution in [1.29, 1.82) is 0 Å². The van der Waals surface area contributed by atoms with Crippen molar-refractivity contribution in [1.82, 2.24) is 4.31 Å². The second kappa shape index (κ2) is 6.58. The van der Waals surface area contributed by atoms with Gasteiger partial charge in [-0.15, -0.1) is 0 Å². The number of methoxy groups -OCH3 is 1. The molecular weight excluding hydrogens is 329 g/mol. The van der Waals surface area contributed by atoms with Gasteiger partial charge >= 0.3 is 6.18 Å². The number of halogens is 3. The highest BCUT2D eigenvalue weighted by Crippen LogP contribution is 2.35. The first-order chi connectivity index (χ1) is 10.0. The van der Waals surface area contributed by atoms with Crippen LogP contribution in [0.1, 0.15) is 5.56 Å². The average Bonchev–Trinajstić information content (AvgIpc) is 2.42. The molecule has 1 aromatic carbocycles. The molecule has 22 heavy (non-hydrogen) atoms. The van der Waals surface area contributed by atoms with E-state index >= 15 is 0 Å². The molecule has 0 aliphatic heterocycles. The number of nitro benzene ring substituents is 1. The Kier molecular flexibility index (Phi) is 5.49. The van der Waals surface area contributed by atoms with E-state index in [0.29, 0.717) is 12.1 Å². The highest BCUT2D eigenvalue weighted by Gasteiger charge is 2.36. The number of nitro groups is 1. The Bertz CT molecular complexity index is 660. The van der Waals surface area contributed by atoms with Crippen molar-refractivity contribution in [3.8, 4) is 0 Å². The molecule has 0 saturated heterocycles. The van der Waals surface area contributed by atoms with Crippen molar-refractivity contribution < 1.29 is 31.2 Å². The molecular formula is C11H13F3N2O5S. The Labute approximate surface area is 124 Å². The lowest BCUT2D eigenvalue weighted by molar-refractivity contribution is -0.388. The third-order valence-corrected chi connectivity index (χ3v) is 4.69. The second-order valence-corrected chi connectivity index (χ2v) is 6.27. The summed E-state index contributed by atoms with van der Waals surface area (Å²) in [7, 11) is -1.82. The molecule has 11 heteroatoms. The average molecular weight is 342 g/mol. The molecule has 0 saturated carbocycles. The molecule has 0 amide bonds. The number of likely N-dealkylation sites (N-methyl/N-ethyl adjacent to an activating group) is 1. The van der Waals surface area contributed by atoms with Gasteiger partial charge < -0.3 is 4.74 Å². The summed E-state index contributed by atoms with van der Waals surface area (Å²) >= 11 is 0. The first-order valence-corrected chi connectivity index (χ1v) is 7.26. The predicted octanol–water partition coefficient (Wildman–Crippen LogP) is 1.88. The summed E-state index contributed by atoms with van der Waals surface area (Å²) in [6.45, 7) is -0.0683. The summed E-state index contributed by atoms with van der Waals surface area (Å²) < 4.78 is 67.6. The molecule has 0 spiro atoms. The van der Waals surface area contributed by atoms with E-state index in [-0.39, 0.29) is 19.2 Å². The van der Waals surface area contributed by atoms with Gasteiger partial charge in [0.1, 0.15) is 0 Å². The van der Waals surface area contributed by atoms with Crippen LogP contribution < -0.4 is 0 Å². The van der Waals surface area contributed by atoms with E-state index in [0.717, 1.165) is 11.4 Å². The van der Waals surface area contributed by atoms with Crippen LogP contribution in [-0.2, 0) is 20.9 Å². The van der Waals surface area contributed by atoms with Gasteiger partial charge in [-0.25, -0.2) is 8.42 Å². The number of hydrogen-bond donors (Lipinski definition) is 0. The maximum atomic E-state index is 12.6. The molecule has 0 bridgehead atoms. The van der Waals surface area contributed by atoms with Gasteiger partial charge in [0, 0.05) is 26.8 Å². The number of ether oxygens (including phenoxy) is 1. The van der Waals surface area contributed by atoms with Crippen LogP contribution in [0.15, 0.2) is 23.1 Å². The number of hydrogen-bond acceptors (Lipinski definition) is 5. The zero-order valence-corrected chi connectivity index (χ0v) is 12.4. The second-order valence-electron chi connectivity index (χ2n) is 4.26. The zero-order valence-electron chi connectivity index (χ0n) is 11.6. The Morgan fingerprint density at radius 3 is 2.41 bits per heavy atom. The highest BCUT2D eigenvalue weighted by molar-refractivity contribution is 7.89. The fourth-order valence-corrected chi connectivity index (χ4v) is 2.85. The van der Waals surface area contributed by atoms with Crippen LogP contribution in [0.5, 0.6) is 0 Å². The third kappa shape index (κ3) is 3.93. The van der Waals surface area contributed by atoms with Crippen LogP contribution in [-0.4, -0.2) is 45.0 Å². The van der Waals surface area contributed by atoms with Crippen LogP contribution in [0, 0.1) is 10.1 Å². The van der Waals surface area contributed by atoms with Crippen molar-refractivity contribution in [2.75, 3.05) is 27.3 Å². The normalized spacial score (nSPS) is 12.6. The third-order valence-electron chi connectivity index (χ3n) is 2.78. The number of rotatable bonds is 6. The van der Waals surface area contributed by atoms with Crippen LogP contribution in [0.25, 0.3) is 0 Å². The van der Waals surface area contributed by atoms with E-state index in [4.69, 9.17) is 4.74 Å². The predicted molar refractivity (Wildman–Crippen MR) is 69.8 cm³/mol. The van der Waals surface area contributed by atoms with E-state index in [2.05, 4.69) is 0 Å². The van der Waals surface area contributed by atoms with E-state index < -0.39 is 37.3 Å². The monoisotopic (exact) mass is 342 g/mol. The quantitative estimate of drug-likeness (QED) is 0.582. The SMILES string of the molecule is COCCN(C)S(=O)(=O)c1ccc(C(F)(F)F)cc1[N+](=O)[O-]. The number of alkyl halides is 3. The highest BCUT2D eigenvalue weighted by atomic mass is 32.2. The fourth-order valence-electron chi connectivity index (χ4n) is 1.56. The Morgan fingerprint density at radius 1 is 1.36 bits per heavy atom. The van der Waals surface area contributed by atoms with Crippen molar-refractivity contribution in [3.63, 3.8) is 0 Å². The molecule has 1 rings (SSSR count). The number of sulfonamides is 1. The maximum Gasteiger partial charge on any atom is 0.416 e. The molecule has 0 heterocycles. The minimum atomic E-state index is -4.81. The van der Waals surface area contributed by atoms with Gasteiger partial charge in [0.25, 0.3) is 5.69 Å². The van der Waals surface area contributed by atoms with Crippen molar-refractivity contribution in [2.24, 2.45) is 0 Å². The fraction of sp³-hybridized carbons (Fsp3) is 0.455. The maximum absolute atomic E-state index is 12.6. The molecule has 0 N–H and O–H groups in total. The van der Waals surface area contributed by atoms with E-state index in [1.807, 2.05) is 0 Å². The lowest BCUT2D eigenvalue weighted by Gasteiger charge is -2.17. The van der Waals surface area contributed by atoms with Gasteiger partial charge in [-0.05, 0) is 12.1 Å². The van der Waals surface area contributed by atoms with Crippen LogP contribution in [0.2, 0.25) is 0 Å². The minimum absolute atomic E-state index is 0.0319. The van der Waals surface area contributed by atoms with Gasteiger partial charge in [0.05, 0.1) is 17.1 Å². The summed E-state index contributed by atoms with van der Waals surface area (Å²) in [6.07, 6.45) is -4.81. The topological polar surface area (TPSA) is 89.8 Å². The lowest BCUT2D eigenvalue weighted by atomic mass is 10.2. The van der Waals surface area contributed by atoms with Crippen molar-refractivity contribution >= 4 is 15.7 Å². The Morgan fingerprint density at radius 2 is 1.95 bits per heavy atom. The minimum Gasteiger partial charge on any atom is -0.383 e. The molecule has 0 aliphatic carbocycles. The van der Waals surface area contributed by atoms with E-state index in [1.54, 1.807) is 0 Å². The molecule has 124 valence electrons. The van der Waals surface area contributed by atoms with E-state index in [1.165, 1.54) is 7.11 Å². The molecule has 0 aliphatic rings. The Hall–Kier alpha value is -1.72. The molecule has 0 atom stereocenters. The molecule has 0 unspecified atom stereocenters. The van der Waals surface area contributed by atoms with Crippen molar-refractivity contribution in [2.45, 2.75) is 11.1 Å². The van der Waals surface area contributed by atoms with Gasteiger partial charge in [-0.1, -0.05) is 0 Å². The summed E-state index contributed by atoms with van der Waals surface area (Å²) in [5.74, 6) is 0. The van der Waals surface area contributed by atoms with Gasteiger partial charge in [0.2, 0.25) is 10.0 Å².